The van der Waals surface area contributed by atoms with Crippen molar-refractivity contribution < 1.29 is 4.79 Å². The molecular formula is C18H16ClN3O. The molecule has 1 atom stereocenters. The molecule has 1 unspecified atom stereocenters. The van der Waals surface area contributed by atoms with E-state index in [4.69, 9.17) is 11.6 Å². The number of nitrogens with zero attached hydrogens (tertiary/aromatic N) is 2. The number of anilines is 1. The summed E-state index contributed by atoms with van der Waals surface area (Å²) in [5.74, 6) is 0.920. The van der Waals surface area contributed by atoms with Crippen LogP contribution in [0, 0.1) is 5.92 Å². The minimum atomic E-state index is -0.0735. The molecule has 0 bridgehead atoms. The van der Waals surface area contributed by atoms with Gasteiger partial charge in [-0.2, -0.15) is 0 Å². The van der Waals surface area contributed by atoms with Gasteiger partial charge in [-0.25, -0.2) is 4.98 Å². The molecule has 2 heterocycles. The van der Waals surface area contributed by atoms with Crippen molar-refractivity contribution in [3.63, 3.8) is 0 Å². The van der Waals surface area contributed by atoms with Gasteiger partial charge in [-0.05, 0) is 30.7 Å². The average Bonchev–Trinajstić information content (AvgIpc) is 2.94. The van der Waals surface area contributed by atoms with E-state index in [1.807, 2.05) is 36.4 Å². The Labute approximate surface area is 139 Å². The van der Waals surface area contributed by atoms with Gasteiger partial charge in [0.25, 0.3) is 0 Å². The van der Waals surface area contributed by atoms with E-state index in [2.05, 4.69) is 20.9 Å². The van der Waals surface area contributed by atoms with E-state index in [0.717, 1.165) is 29.8 Å². The molecule has 0 saturated heterocycles. The van der Waals surface area contributed by atoms with Crippen LogP contribution in [0.2, 0.25) is 5.02 Å². The van der Waals surface area contributed by atoms with Crippen LogP contribution in [0.15, 0.2) is 48.5 Å². The molecule has 4 rings (SSSR count). The lowest BCUT2D eigenvalue weighted by Crippen LogP contribution is -2.30. The highest BCUT2D eigenvalue weighted by Gasteiger charge is 2.27. The van der Waals surface area contributed by atoms with Crippen molar-refractivity contribution >= 4 is 34.2 Å². The van der Waals surface area contributed by atoms with Crippen LogP contribution in [0.3, 0.4) is 0 Å². The second kappa shape index (κ2) is 5.70. The molecule has 1 aliphatic heterocycles. The van der Waals surface area contributed by atoms with Crippen LogP contribution in [-0.4, -0.2) is 15.5 Å². The third-order valence-electron chi connectivity index (χ3n) is 4.37. The minimum Gasteiger partial charge on any atom is -0.328 e. The molecule has 23 heavy (non-hydrogen) atoms. The Kier molecular flexibility index (Phi) is 3.54. The van der Waals surface area contributed by atoms with Crippen LogP contribution in [0.1, 0.15) is 12.2 Å². The molecule has 116 valence electrons. The number of hydrogen-bond donors (Lipinski definition) is 1. The Balaban J connectivity index is 1.56. The first kappa shape index (κ1) is 14.3. The Hall–Kier alpha value is -2.33. The van der Waals surface area contributed by atoms with Gasteiger partial charge in [-0.1, -0.05) is 35.9 Å². The Morgan fingerprint density at radius 1 is 1.17 bits per heavy atom. The number of fused-ring (bicyclic) bond motifs is 3. The number of carbonyl (C=O) groups excluding carboxylic acids is 1. The van der Waals surface area contributed by atoms with Crippen LogP contribution >= 0.6 is 11.6 Å². The van der Waals surface area contributed by atoms with Crippen LogP contribution < -0.4 is 5.32 Å². The molecule has 4 nitrogen and oxygen atoms in total. The maximum absolute atomic E-state index is 12.5. The quantitative estimate of drug-likeness (QED) is 0.777. The van der Waals surface area contributed by atoms with Gasteiger partial charge in [0.1, 0.15) is 5.82 Å². The number of para-hydroxylation sites is 3. The molecule has 0 fully saturated rings. The van der Waals surface area contributed by atoms with Crippen LogP contribution in [0.25, 0.3) is 11.0 Å². The lowest BCUT2D eigenvalue weighted by atomic mass is 9.96. The highest BCUT2D eigenvalue weighted by Crippen LogP contribution is 2.27. The molecule has 0 radical (unpaired) electrons. The zero-order chi connectivity index (χ0) is 15.8. The van der Waals surface area contributed by atoms with E-state index >= 15 is 0 Å². The topological polar surface area (TPSA) is 46.9 Å². The van der Waals surface area contributed by atoms with Gasteiger partial charge >= 0.3 is 0 Å². The average molecular weight is 326 g/mol. The maximum Gasteiger partial charge on any atom is 0.228 e. The monoisotopic (exact) mass is 325 g/mol. The number of carbonyl (C=O) groups is 1. The molecule has 1 aromatic heterocycles. The van der Waals surface area contributed by atoms with Crippen molar-refractivity contribution in [3.05, 3.63) is 59.4 Å². The SMILES string of the molecule is O=C(Nc1ccccc1Cl)C1CCn2c(nc3ccccc32)C1. The van der Waals surface area contributed by atoms with E-state index in [9.17, 15) is 4.79 Å². The summed E-state index contributed by atoms with van der Waals surface area (Å²) in [4.78, 5) is 17.2. The predicted octanol–water partition coefficient (Wildman–Crippen LogP) is 3.89. The van der Waals surface area contributed by atoms with E-state index in [0.29, 0.717) is 17.1 Å². The van der Waals surface area contributed by atoms with Gasteiger partial charge in [-0.3, -0.25) is 4.79 Å². The third-order valence-corrected chi connectivity index (χ3v) is 4.70. The first-order valence-electron chi connectivity index (χ1n) is 7.72. The highest BCUT2D eigenvalue weighted by molar-refractivity contribution is 6.33. The largest absolute Gasteiger partial charge is 0.328 e. The number of rotatable bonds is 2. The van der Waals surface area contributed by atoms with Crippen LogP contribution in [0.5, 0.6) is 0 Å². The maximum atomic E-state index is 12.5. The second-order valence-corrected chi connectivity index (χ2v) is 6.23. The van der Waals surface area contributed by atoms with Crippen molar-refractivity contribution in [2.24, 2.45) is 5.92 Å². The fraction of sp³-hybridized carbons (Fsp3) is 0.222. The summed E-state index contributed by atoms with van der Waals surface area (Å²) in [5, 5.41) is 3.50. The first-order valence-corrected chi connectivity index (χ1v) is 8.10. The van der Waals surface area contributed by atoms with Gasteiger partial charge in [0, 0.05) is 18.9 Å². The summed E-state index contributed by atoms with van der Waals surface area (Å²) >= 11 is 6.11. The molecule has 1 amide bonds. The van der Waals surface area contributed by atoms with Crippen molar-refractivity contribution in [2.45, 2.75) is 19.4 Å². The fourth-order valence-electron chi connectivity index (χ4n) is 3.16. The minimum absolute atomic E-state index is 0.0106. The number of aryl methyl sites for hydroxylation is 1. The first-order chi connectivity index (χ1) is 11.2. The summed E-state index contributed by atoms with van der Waals surface area (Å²) in [6.45, 7) is 0.816. The summed E-state index contributed by atoms with van der Waals surface area (Å²) < 4.78 is 2.22. The van der Waals surface area contributed by atoms with E-state index in [1.165, 1.54) is 0 Å². The Bertz CT molecular complexity index is 887. The summed E-state index contributed by atoms with van der Waals surface area (Å²) in [7, 11) is 0. The Morgan fingerprint density at radius 2 is 1.96 bits per heavy atom. The number of nitrogens with one attached hydrogen (secondary N) is 1. The number of amides is 1. The molecule has 0 aliphatic carbocycles. The molecule has 5 heteroatoms. The summed E-state index contributed by atoms with van der Waals surface area (Å²) in [6.07, 6.45) is 1.47. The van der Waals surface area contributed by atoms with Gasteiger partial charge in [0.15, 0.2) is 0 Å². The third kappa shape index (κ3) is 2.59. The van der Waals surface area contributed by atoms with Crippen molar-refractivity contribution in [2.75, 3.05) is 5.32 Å². The van der Waals surface area contributed by atoms with Crippen LogP contribution in [-0.2, 0) is 17.8 Å². The zero-order valence-corrected chi connectivity index (χ0v) is 13.3. The fourth-order valence-corrected chi connectivity index (χ4v) is 3.34. The molecule has 1 N–H and O–H groups in total. The summed E-state index contributed by atoms with van der Waals surface area (Å²) in [6, 6.07) is 15.4. The normalized spacial score (nSPS) is 17.0. The summed E-state index contributed by atoms with van der Waals surface area (Å²) in [5.41, 5.74) is 2.81. The van der Waals surface area contributed by atoms with Gasteiger partial charge < -0.3 is 9.88 Å². The smallest absolute Gasteiger partial charge is 0.228 e. The van der Waals surface area contributed by atoms with Crippen LogP contribution in [0.4, 0.5) is 5.69 Å². The second-order valence-electron chi connectivity index (χ2n) is 5.83. The standard InChI is InChI=1S/C18H16ClN3O/c19-13-5-1-2-6-14(13)21-18(23)12-9-10-22-16-8-4-3-7-15(16)20-17(22)11-12/h1-8,12H,9-11H2,(H,21,23). The molecular weight excluding hydrogens is 310 g/mol. The lowest BCUT2D eigenvalue weighted by Gasteiger charge is -2.23. The molecule has 2 aromatic carbocycles. The van der Waals surface area contributed by atoms with Gasteiger partial charge in [0.2, 0.25) is 5.91 Å². The molecule has 3 aromatic rings. The van der Waals surface area contributed by atoms with E-state index in [1.54, 1.807) is 6.07 Å². The lowest BCUT2D eigenvalue weighted by molar-refractivity contribution is -0.120. The van der Waals surface area contributed by atoms with Crippen molar-refractivity contribution in [1.82, 2.24) is 9.55 Å². The van der Waals surface area contributed by atoms with Gasteiger partial charge in [-0.15, -0.1) is 0 Å². The Morgan fingerprint density at radius 3 is 2.83 bits per heavy atom. The number of imidazole rings is 1. The number of aromatic nitrogens is 2. The van der Waals surface area contributed by atoms with E-state index < -0.39 is 0 Å². The predicted molar refractivity (Wildman–Crippen MR) is 91.6 cm³/mol. The molecule has 0 saturated carbocycles. The van der Waals surface area contributed by atoms with Crippen molar-refractivity contribution in [1.29, 1.82) is 0 Å². The molecule has 0 spiro atoms. The number of halogens is 1. The highest BCUT2D eigenvalue weighted by atomic mass is 35.5. The molecule has 1 aliphatic rings. The van der Waals surface area contributed by atoms with E-state index in [-0.39, 0.29) is 11.8 Å². The number of hydrogen-bond acceptors (Lipinski definition) is 2. The zero-order valence-electron chi connectivity index (χ0n) is 12.5. The number of benzene rings is 2. The van der Waals surface area contributed by atoms with Gasteiger partial charge in [0.05, 0.1) is 21.7 Å². The van der Waals surface area contributed by atoms with Crippen molar-refractivity contribution in [3.8, 4) is 0 Å².